The topological polar surface area (TPSA) is 68.0 Å². The molecule has 2 aromatic heterocycles. The van der Waals surface area contributed by atoms with E-state index in [1.807, 2.05) is 25.1 Å². The minimum Gasteiger partial charge on any atom is -0.359 e. The second-order valence-corrected chi connectivity index (χ2v) is 6.62. The Balaban J connectivity index is 1.56. The highest BCUT2D eigenvalue weighted by Gasteiger charge is 2.21. The van der Waals surface area contributed by atoms with Gasteiger partial charge in [-0.3, -0.25) is 9.78 Å². The zero-order chi connectivity index (χ0) is 18.6. The third kappa shape index (κ3) is 3.75. The van der Waals surface area contributed by atoms with Crippen molar-refractivity contribution in [2.75, 3.05) is 5.32 Å². The lowest BCUT2D eigenvalue weighted by atomic mass is 9.98. The Bertz CT molecular complexity index is 1040. The fourth-order valence-electron chi connectivity index (χ4n) is 3.14. The molecule has 0 saturated carbocycles. The average molecular weight is 357 g/mol. The molecule has 5 nitrogen and oxygen atoms in total. The maximum absolute atomic E-state index is 12.7. The fraction of sp³-hybridized carbons (Fsp3) is 0.227. The van der Waals surface area contributed by atoms with Gasteiger partial charge in [0.2, 0.25) is 0 Å². The number of anilines is 1. The fourth-order valence-corrected chi connectivity index (χ4v) is 3.14. The maximum Gasteiger partial charge on any atom is 0.256 e. The molecule has 0 saturated heterocycles. The van der Waals surface area contributed by atoms with Crippen LogP contribution in [0.4, 0.5) is 5.82 Å². The maximum atomic E-state index is 12.7. The quantitative estimate of drug-likeness (QED) is 0.706. The number of benzene rings is 1. The molecule has 0 bridgehead atoms. The third-order valence-corrected chi connectivity index (χ3v) is 4.68. The van der Waals surface area contributed by atoms with Gasteiger partial charge in [0.25, 0.3) is 5.91 Å². The summed E-state index contributed by atoms with van der Waals surface area (Å²) < 4.78 is 5.36. The number of aryl methyl sites for hydroxylation is 2. The van der Waals surface area contributed by atoms with E-state index in [0.717, 1.165) is 53.7 Å². The van der Waals surface area contributed by atoms with Crippen molar-refractivity contribution in [2.45, 2.75) is 32.6 Å². The minimum absolute atomic E-state index is 0.207. The van der Waals surface area contributed by atoms with Gasteiger partial charge in [0, 0.05) is 41.1 Å². The lowest BCUT2D eigenvalue weighted by molar-refractivity contribution is 0.102. The molecule has 1 N–H and O–H groups in total. The monoisotopic (exact) mass is 357 g/mol. The summed E-state index contributed by atoms with van der Waals surface area (Å²) >= 11 is 0. The van der Waals surface area contributed by atoms with Crippen LogP contribution in [0.5, 0.6) is 0 Å². The molecule has 1 aliphatic carbocycles. The molecule has 1 amide bonds. The molecule has 5 heteroatoms. The van der Waals surface area contributed by atoms with Crippen LogP contribution in [0.1, 0.15) is 51.2 Å². The number of hydrogen-bond donors (Lipinski definition) is 1. The van der Waals surface area contributed by atoms with E-state index in [1.165, 1.54) is 0 Å². The Labute approximate surface area is 157 Å². The van der Waals surface area contributed by atoms with E-state index in [4.69, 9.17) is 4.52 Å². The van der Waals surface area contributed by atoms with E-state index in [-0.39, 0.29) is 5.91 Å². The van der Waals surface area contributed by atoms with Gasteiger partial charge in [-0.15, -0.1) is 0 Å². The van der Waals surface area contributed by atoms with E-state index >= 15 is 0 Å². The van der Waals surface area contributed by atoms with E-state index in [0.29, 0.717) is 11.4 Å². The second kappa shape index (κ2) is 7.46. The van der Waals surface area contributed by atoms with E-state index in [9.17, 15) is 4.79 Å². The first kappa shape index (κ1) is 17.0. The van der Waals surface area contributed by atoms with Crippen LogP contribution < -0.4 is 5.32 Å². The molecule has 27 heavy (non-hydrogen) atoms. The highest BCUT2D eigenvalue weighted by molar-refractivity contribution is 6.04. The Kier molecular flexibility index (Phi) is 4.71. The van der Waals surface area contributed by atoms with Crippen LogP contribution in [0.2, 0.25) is 0 Å². The van der Waals surface area contributed by atoms with Gasteiger partial charge in [-0.25, -0.2) is 0 Å². The number of hydrogen-bond acceptors (Lipinski definition) is 4. The van der Waals surface area contributed by atoms with Crippen LogP contribution >= 0.6 is 0 Å². The van der Waals surface area contributed by atoms with Gasteiger partial charge in [-0.1, -0.05) is 23.1 Å². The van der Waals surface area contributed by atoms with Gasteiger partial charge >= 0.3 is 0 Å². The van der Waals surface area contributed by atoms with Crippen LogP contribution in [0, 0.1) is 18.8 Å². The Morgan fingerprint density at radius 1 is 1.19 bits per heavy atom. The minimum atomic E-state index is -0.207. The number of pyridine rings is 1. The van der Waals surface area contributed by atoms with Crippen molar-refractivity contribution in [1.29, 1.82) is 0 Å². The number of nitrogens with one attached hydrogen (secondary N) is 1. The first-order valence-corrected chi connectivity index (χ1v) is 9.02. The highest BCUT2D eigenvalue weighted by atomic mass is 16.5. The second-order valence-electron chi connectivity index (χ2n) is 6.62. The van der Waals surface area contributed by atoms with Gasteiger partial charge in [0.1, 0.15) is 5.76 Å². The molecular weight excluding hydrogens is 338 g/mol. The Morgan fingerprint density at radius 2 is 2.07 bits per heavy atom. The average Bonchev–Trinajstić information content (AvgIpc) is 3.11. The molecule has 0 unspecified atom stereocenters. The summed E-state index contributed by atoms with van der Waals surface area (Å²) in [7, 11) is 0. The van der Waals surface area contributed by atoms with Crippen LogP contribution in [0.25, 0.3) is 0 Å². The molecule has 2 heterocycles. The van der Waals surface area contributed by atoms with E-state index in [1.54, 1.807) is 24.5 Å². The van der Waals surface area contributed by atoms with E-state index < -0.39 is 0 Å². The molecule has 0 atom stereocenters. The van der Waals surface area contributed by atoms with Crippen molar-refractivity contribution in [3.8, 4) is 11.8 Å². The smallest absolute Gasteiger partial charge is 0.256 e. The number of carbonyl (C=O) groups is 1. The molecular formula is C22H19N3O2. The van der Waals surface area contributed by atoms with Gasteiger partial charge in [-0.2, -0.15) is 0 Å². The van der Waals surface area contributed by atoms with Crippen LogP contribution in [-0.2, 0) is 12.8 Å². The molecule has 4 rings (SSSR count). The first-order chi connectivity index (χ1) is 13.2. The van der Waals surface area contributed by atoms with Crippen molar-refractivity contribution in [3.63, 3.8) is 0 Å². The lowest BCUT2D eigenvalue weighted by Gasteiger charge is -2.10. The number of rotatable bonds is 2. The molecule has 1 aliphatic rings. The largest absolute Gasteiger partial charge is 0.359 e. The van der Waals surface area contributed by atoms with Crippen molar-refractivity contribution in [2.24, 2.45) is 0 Å². The van der Waals surface area contributed by atoms with E-state index in [2.05, 4.69) is 27.3 Å². The predicted molar refractivity (Wildman–Crippen MR) is 102 cm³/mol. The van der Waals surface area contributed by atoms with Crippen LogP contribution in [0.15, 0.2) is 47.2 Å². The zero-order valence-electron chi connectivity index (χ0n) is 15.1. The number of carbonyl (C=O) groups excluding carboxylic acids is 1. The highest BCUT2D eigenvalue weighted by Crippen LogP contribution is 2.27. The van der Waals surface area contributed by atoms with Crippen LogP contribution in [0.3, 0.4) is 0 Å². The number of nitrogens with zero attached hydrogens (tertiary/aromatic N) is 2. The first-order valence-electron chi connectivity index (χ1n) is 9.02. The molecule has 0 aliphatic heterocycles. The van der Waals surface area contributed by atoms with Crippen molar-refractivity contribution >= 4 is 11.7 Å². The molecule has 3 aromatic rings. The third-order valence-electron chi connectivity index (χ3n) is 4.68. The summed E-state index contributed by atoms with van der Waals surface area (Å²) in [6.45, 7) is 1.98. The lowest BCUT2D eigenvalue weighted by Crippen LogP contribution is -2.14. The molecule has 0 spiro atoms. The molecule has 1 aromatic carbocycles. The number of amides is 1. The number of aromatic nitrogens is 2. The van der Waals surface area contributed by atoms with Crippen molar-refractivity contribution in [3.05, 3.63) is 76.3 Å². The standard InChI is InChI=1S/C22H19N3O2/c1-15-8-10-18(13-17(15)11-9-16-5-4-12-23-14-16)22(26)24-21-19-6-2-3-7-20(19)27-25-21/h4-5,8,10,12-14H,2-3,6-7H2,1H3,(H,24,25,26). The van der Waals surface area contributed by atoms with Crippen molar-refractivity contribution < 1.29 is 9.32 Å². The Hall–Kier alpha value is -3.39. The summed E-state index contributed by atoms with van der Waals surface area (Å²) in [6, 6.07) is 9.26. The summed E-state index contributed by atoms with van der Waals surface area (Å²) in [5, 5.41) is 6.92. The summed E-state index contributed by atoms with van der Waals surface area (Å²) in [5.41, 5.74) is 4.23. The van der Waals surface area contributed by atoms with Gasteiger partial charge in [0.15, 0.2) is 5.82 Å². The molecule has 134 valence electrons. The zero-order valence-corrected chi connectivity index (χ0v) is 15.1. The molecule has 0 fully saturated rings. The number of fused-ring (bicyclic) bond motifs is 1. The van der Waals surface area contributed by atoms with Crippen molar-refractivity contribution in [1.82, 2.24) is 10.1 Å². The summed E-state index contributed by atoms with van der Waals surface area (Å²) in [6.07, 6.45) is 7.40. The van der Waals surface area contributed by atoms with Gasteiger partial charge in [0.05, 0.1) is 0 Å². The normalized spacial score (nSPS) is 12.6. The molecule has 0 radical (unpaired) electrons. The Morgan fingerprint density at radius 3 is 2.93 bits per heavy atom. The SMILES string of the molecule is Cc1ccc(C(=O)Nc2noc3c2CCCC3)cc1C#Cc1cccnc1. The van der Waals surface area contributed by atoms with Gasteiger partial charge in [-0.05, 0) is 56.0 Å². The summed E-state index contributed by atoms with van der Waals surface area (Å²) in [4.78, 5) is 16.7. The van der Waals surface area contributed by atoms with Crippen LogP contribution in [-0.4, -0.2) is 16.0 Å². The predicted octanol–water partition coefficient (Wildman–Crippen LogP) is 3.91. The summed E-state index contributed by atoms with van der Waals surface area (Å²) in [5.74, 6) is 7.44. The van der Waals surface area contributed by atoms with Gasteiger partial charge < -0.3 is 9.84 Å².